The number of halogens is 4. The number of nitrogens with zero attached hydrogens (tertiary/aromatic N) is 1. The molecule has 3 nitrogen and oxygen atoms in total. The summed E-state index contributed by atoms with van der Waals surface area (Å²) in [7, 11) is 0. The minimum atomic E-state index is -4.59. The lowest BCUT2D eigenvalue weighted by Gasteiger charge is -2.09. The van der Waals surface area contributed by atoms with E-state index in [1.54, 1.807) is 0 Å². The third kappa shape index (κ3) is 3.53. The van der Waals surface area contributed by atoms with E-state index in [-0.39, 0.29) is 19.0 Å². The number of aryl methyl sites for hydroxylation is 1. The summed E-state index contributed by atoms with van der Waals surface area (Å²) in [4.78, 5) is 11.3. The van der Waals surface area contributed by atoms with Crippen molar-refractivity contribution in [2.45, 2.75) is 19.1 Å². The molecule has 16 heavy (non-hydrogen) atoms. The van der Waals surface area contributed by atoms with Crippen molar-refractivity contribution < 1.29 is 13.2 Å². The van der Waals surface area contributed by atoms with E-state index in [4.69, 9.17) is 5.73 Å². The van der Waals surface area contributed by atoms with Crippen molar-refractivity contribution in [3.05, 3.63) is 34.2 Å². The van der Waals surface area contributed by atoms with E-state index in [9.17, 15) is 18.0 Å². The molecule has 0 saturated heterocycles. The Labute approximate surface area is 96.5 Å². The molecule has 0 aliphatic rings. The fourth-order valence-corrected chi connectivity index (χ4v) is 1.19. The molecule has 0 aliphatic carbocycles. The van der Waals surface area contributed by atoms with Crippen molar-refractivity contribution in [3.8, 4) is 0 Å². The number of pyridine rings is 1. The van der Waals surface area contributed by atoms with Gasteiger partial charge in [-0.15, -0.1) is 12.4 Å². The lowest BCUT2D eigenvalue weighted by atomic mass is 10.2. The van der Waals surface area contributed by atoms with Gasteiger partial charge in [-0.3, -0.25) is 4.79 Å². The summed E-state index contributed by atoms with van der Waals surface area (Å²) in [6, 6.07) is 1.99. The van der Waals surface area contributed by atoms with Crippen LogP contribution in [0.2, 0.25) is 0 Å². The van der Waals surface area contributed by atoms with E-state index in [0.29, 0.717) is 13.0 Å². The van der Waals surface area contributed by atoms with Gasteiger partial charge in [-0.05, 0) is 25.1 Å². The Hall–Kier alpha value is -1.01. The molecular weight excluding hydrogens is 245 g/mol. The van der Waals surface area contributed by atoms with Gasteiger partial charge >= 0.3 is 6.18 Å². The molecule has 0 atom stereocenters. The van der Waals surface area contributed by atoms with Crippen LogP contribution in [-0.4, -0.2) is 11.1 Å². The predicted molar refractivity (Wildman–Crippen MR) is 56.6 cm³/mol. The number of hydrogen-bond acceptors (Lipinski definition) is 2. The zero-order valence-electron chi connectivity index (χ0n) is 8.33. The number of hydrogen-bond donors (Lipinski definition) is 1. The topological polar surface area (TPSA) is 48.0 Å². The molecule has 0 fully saturated rings. The molecule has 1 aromatic heterocycles. The maximum atomic E-state index is 12.3. The van der Waals surface area contributed by atoms with E-state index in [1.165, 1.54) is 12.3 Å². The van der Waals surface area contributed by atoms with Crippen LogP contribution in [0.25, 0.3) is 0 Å². The second-order valence-corrected chi connectivity index (χ2v) is 3.06. The smallest absolute Gasteiger partial charge is 0.330 e. The van der Waals surface area contributed by atoms with Crippen LogP contribution in [0.3, 0.4) is 0 Å². The largest absolute Gasteiger partial charge is 0.421 e. The van der Waals surface area contributed by atoms with Crippen LogP contribution >= 0.6 is 12.4 Å². The molecule has 1 rings (SSSR count). The quantitative estimate of drug-likeness (QED) is 0.894. The molecule has 0 aliphatic heterocycles. The van der Waals surface area contributed by atoms with Crippen molar-refractivity contribution in [1.29, 1.82) is 0 Å². The van der Waals surface area contributed by atoms with Gasteiger partial charge in [0.05, 0.1) is 0 Å². The van der Waals surface area contributed by atoms with Gasteiger partial charge in [0, 0.05) is 12.7 Å². The fourth-order valence-electron chi connectivity index (χ4n) is 1.19. The Kier molecular flexibility index (Phi) is 5.53. The Morgan fingerprint density at radius 3 is 2.50 bits per heavy atom. The van der Waals surface area contributed by atoms with Gasteiger partial charge in [-0.25, -0.2) is 0 Å². The normalized spacial score (nSPS) is 11.0. The van der Waals surface area contributed by atoms with Gasteiger partial charge in [-0.1, -0.05) is 0 Å². The molecule has 0 radical (unpaired) electrons. The van der Waals surface area contributed by atoms with E-state index in [0.717, 1.165) is 10.6 Å². The molecule has 0 spiro atoms. The van der Waals surface area contributed by atoms with Crippen LogP contribution in [0.5, 0.6) is 0 Å². The summed E-state index contributed by atoms with van der Waals surface area (Å²) >= 11 is 0. The van der Waals surface area contributed by atoms with Crippen molar-refractivity contribution >= 4 is 12.4 Å². The standard InChI is InChI=1S/C9H11F3N2O.ClH/c10-9(11,12)7-3-1-5-14(8(7)15)6-2-4-13;/h1,3,5H,2,4,6,13H2;1H. The van der Waals surface area contributed by atoms with Gasteiger partial charge < -0.3 is 10.3 Å². The molecular formula is C9H12ClF3N2O. The zero-order chi connectivity index (χ0) is 11.5. The maximum Gasteiger partial charge on any atom is 0.421 e. The molecule has 0 amide bonds. The van der Waals surface area contributed by atoms with Crippen LogP contribution in [0, 0.1) is 0 Å². The van der Waals surface area contributed by atoms with E-state index in [1.807, 2.05) is 0 Å². The van der Waals surface area contributed by atoms with Crippen LogP contribution in [0.4, 0.5) is 13.2 Å². The van der Waals surface area contributed by atoms with Crippen LogP contribution in [0.15, 0.2) is 23.1 Å². The molecule has 7 heteroatoms. The van der Waals surface area contributed by atoms with E-state index in [2.05, 4.69) is 0 Å². The molecule has 1 aromatic rings. The Balaban J connectivity index is 0.00000225. The van der Waals surface area contributed by atoms with E-state index < -0.39 is 17.3 Å². The molecule has 92 valence electrons. The van der Waals surface area contributed by atoms with Gasteiger partial charge in [0.15, 0.2) is 0 Å². The predicted octanol–water partition coefficient (Wildman–Crippen LogP) is 1.64. The first-order valence-corrected chi connectivity index (χ1v) is 4.43. The van der Waals surface area contributed by atoms with Crippen LogP contribution in [0.1, 0.15) is 12.0 Å². The highest BCUT2D eigenvalue weighted by Gasteiger charge is 2.34. The number of rotatable bonds is 3. The second kappa shape index (κ2) is 5.91. The Morgan fingerprint density at radius 2 is 2.00 bits per heavy atom. The van der Waals surface area contributed by atoms with Gasteiger partial charge in [0.2, 0.25) is 0 Å². The van der Waals surface area contributed by atoms with Gasteiger partial charge in [0.1, 0.15) is 5.56 Å². The number of nitrogens with two attached hydrogens (primary N) is 1. The summed E-state index contributed by atoms with van der Waals surface area (Å²) < 4.78 is 38.0. The monoisotopic (exact) mass is 256 g/mol. The molecule has 0 saturated carbocycles. The Bertz CT molecular complexity index is 389. The second-order valence-electron chi connectivity index (χ2n) is 3.06. The molecule has 0 unspecified atom stereocenters. The summed E-state index contributed by atoms with van der Waals surface area (Å²) in [6.07, 6.45) is -2.79. The minimum Gasteiger partial charge on any atom is -0.330 e. The first kappa shape index (κ1) is 15.0. The summed E-state index contributed by atoms with van der Waals surface area (Å²) in [5.74, 6) is 0. The summed E-state index contributed by atoms with van der Waals surface area (Å²) in [5.41, 5.74) is 3.06. The number of alkyl halides is 3. The first-order valence-electron chi connectivity index (χ1n) is 4.43. The third-order valence-corrected chi connectivity index (χ3v) is 1.93. The third-order valence-electron chi connectivity index (χ3n) is 1.93. The fraction of sp³-hybridized carbons (Fsp3) is 0.444. The van der Waals surface area contributed by atoms with Gasteiger partial charge in [-0.2, -0.15) is 13.2 Å². The van der Waals surface area contributed by atoms with Crippen molar-refractivity contribution in [2.24, 2.45) is 5.73 Å². The van der Waals surface area contributed by atoms with Gasteiger partial charge in [0.25, 0.3) is 5.56 Å². The van der Waals surface area contributed by atoms with Crippen molar-refractivity contribution in [2.75, 3.05) is 6.54 Å². The SMILES string of the molecule is Cl.NCCCn1cccc(C(F)(F)F)c1=O. The van der Waals surface area contributed by atoms with E-state index >= 15 is 0 Å². The highest BCUT2D eigenvalue weighted by atomic mass is 35.5. The molecule has 0 aromatic carbocycles. The summed E-state index contributed by atoms with van der Waals surface area (Å²) in [6.45, 7) is 0.544. The minimum absolute atomic E-state index is 0. The first-order chi connectivity index (χ1) is 6.96. The number of aromatic nitrogens is 1. The summed E-state index contributed by atoms with van der Waals surface area (Å²) in [5, 5.41) is 0. The molecule has 2 N–H and O–H groups in total. The zero-order valence-corrected chi connectivity index (χ0v) is 9.14. The molecule has 0 bridgehead atoms. The lowest BCUT2D eigenvalue weighted by Crippen LogP contribution is -2.28. The highest BCUT2D eigenvalue weighted by Crippen LogP contribution is 2.25. The van der Waals surface area contributed by atoms with Crippen LogP contribution < -0.4 is 11.3 Å². The lowest BCUT2D eigenvalue weighted by molar-refractivity contribution is -0.139. The Morgan fingerprint density at radius 1 is 1.38 bits per heavy atom. The average molecular weight is 257 g/mol. The van der Waals surface area contributed by atoms with Crippen molar-refractivity contribution in [3.63, 3.8) is 0 Å². The average Bonchev–Trinajstić information content (AvgIpc) is 2.14. The van der Waals surface area contributed by atoms with Crippen molar-refractivity contribution in [1.82, 2.24) is 4.57 Å². The highest BCUT2D eigenvalue weighted by molar-refractivity contribution is 5.85. The molecule has 1 heterocycles. The van der Waals surface area contributed by atoms with Crippen LogP contribution in [-0.2, 0) is 12.7 Å². The maximum absolute atomic E-state index is 12.3.